The standard InChI is InChI=1S/C18H16ClFN2O3S/c1-21(2)11-17-18(23)14-8-7-13(19)9-16(14)22(26(17,24)25)10-12-5-3-4-6-15(12)20/h3-9,11H,10H2,1-2H3/b17-11-. The van der Waals surface area contributed by atoms with Crippen molar-refractivity contribution in [2.45, 2.75) is 6.54 Å². The van der Waals surface area contributed by atoms with Crippen molar-refractivity contribution in [2.24, 2.45) is 0 Å². The van der Waals surface area contributed by atoms with Crippen molar-refractivity contribution < 1.29 is 17.6 Å². The van der Waals surface area contributed by atoms with E-state index in [-0.39, 0.29) is 33.3 Å². The van der Waals surface area contributed by atoms with Gasteiger partial charge in [-0.05, 0) is 24.3 Å². The number of fused-ring (bicyclic) bond motifs is 1. The third-order valence-corrected chi connectivity index (χ3v) is 5.90. The smallest absolute Gasteiger partial charge is 0.270 e. The van der Waals surface area contributed by atoms with Crippen molar-refractivity contribution in [1.29, 1.82) is 0 Å². The molecule has 136 valence electrons. The van der Waals surface area contributed by atoms with Crippen LogP contribution in [0.5, 0.6) is 0 Å². The third-order valence-electron chi connectivity index (χ3n) is 3.91. The topological polar surface area (TPSA) is 57.7 Å². The molecule has 0 fully saturated rings. The van der Waals surface area contributed by atoms with Crippen molar-refractivity contribution in [2.75, 3.05) is 18.4 Å². The molecule has 0 N–H and O–H groups in total. The van der Waals surface area contributed by atoms with Gasteiger partial charge in [-0.3, -0.25) is 9.10 Å². The Balaban J connectivity index is 2.23. The van der Waals surface area contributed by atoms with Crippen molar-refractivity contribution in [3.8, 4) is 0 Å². The summed E-state index contributed by atoms with van der Waals surface area (Å²) >= 11 is 6.01. The molecular weight excluding hydrogens is 379 g/mol. The van der Waals surface area contributed by atoms with Crippen LogP contribution in [0.25, 0.3) is 0 Å². The van der Waals surface area contributed by atoms with Crippen molar-refractivity contribution >= 4 is 33.1 Å². The van der Waals surface area contributed by atoms with Gasteiger partial charge in [0.25, 0.3) is 10.0 Å². The summed E-state index contributed by atoms with van der Waals surface area (Å²) in [5.74, 6) is -1.14. The predicted molar refractivity (Wildman–Crippen MR) is 99.1 cm³/mol. The molecule has 2 aromatic carbocycles. The Morgan fingerprint density at radius 1 is 1.19 bits per heavy atom. The molecule has 0 radical (unpaired) electrons. The minimum Gasteiger partial charge on any atom is -0.382 e. The largest absolute Gasteiger partial charge is 0.382 e. The van der Waals surface area contributed by atoms with E-state index in [9.17, 15) is 17.6 Å². The zero-order chi connectivity index (χ0) is 19.1. The molecule has 2 aromatic rings. The molecule has 0 unspecified atom stereocenters. The van der Waals surface area contributed by atoms with E-state index in [1.807, 2.05) is 0 Å². The van der Waals surface area contributed by atoms with Gasteiger partial charge in [-0.2, -0.15) is 0 Å². The summed E-state index contributed by atoms with van der Waals surface area (Å²) in [6.07, 6.45) is 1.25. The molecule has 0 bridgehead atoms. The first-order valence-electron chi connectivity index (χ1n) is 7.70. The molecule has 0 aliphatic carbocycles. The van der Waals surface area contributed by atoms with Gasteiger partial charge < -0.3 is 4.90 Å². The zero-order valence-electron chi connectivity index (χ0n) is 14.1. The average molecular weight is 395 g/mol. The molecule has 1 heterocycles. The van der Waals surface area contributed by atoms with Crippen LogP contribution in [0.15, 0.2) is 53.6 Å². The second-order valence-corrected chi connectivity index (χ2v) is 8.32. The Kier molecular flexibility index (Phi) is 4.77. The Morgan fingerprint density at radius 3 is 2.54 bits per heavy atom. The van der Waals surface area contributed by atoms with E-state index in [0.29, 0.717) is 0 Å². The van der Waals surface area contributed by atoms with Crippen molar-refractivity contribution in [3.63, 3.8) is 0 Å². The van der Waals surface area contributed by atoms with Gasteiger partial charge in [0.1, 0.15) is 5.82 Å². The van der Waals surface area contributed by atoms with Crippen LogP contribution in [0.3, 0.4) is 0 Å². The van der Waals surface area contributed by atoms with Gasteiger partial charge in [0.05, 0.1) is 12.2 Å². The first-order valence-corrected chi connectivity index (χ1v) is 9.52. The summed E-state index contributed by atoms with van der Waals surface area (Å²) in [6, 6.07) is 10.3. The molecule has 1 aliphatic heterocycles. The first kappa shape index (κ1) is 18.4. The molecule has 3 rings (SSSR count). The molecule has 26 heavy (non-hydrogen) atoms. The van der Waals surface area contributed by atoms with E-state index in [1.165, 1.54) is 47.5 Å². The molecule has 5 nitrogen and oxygen atoms in total. The lowest BCUT2D eigenvalue weighted by Crippen LogP contribution is -2.39. The number of rotatable bonds is 3. The van der Waals surface area contributed by atoms with Crippen molar-refractivity contribution in [1.82, 2.24) is 4.90 Å². The number of sulfonamides is 1. The maximum Gasteiger partial charge on any atom is 0.270 e. The molecule has 0 aromatic heterocycles. The molecule has 0 amide bonds. The van der Waals surface area contributed by atoms with Gasteiger partial charge in [-0.25, -0.2) is 12.8 Å². The van der Waals surface area contributed by atoms with Gasteiger partial charge in [-0.15, -0.1) is 0 Å². The van der Waals surface area contributed by atoms with Crippen LogP contribution in [0, 0.1) is 5.82 Å². The molecule has 0 spiro atoms. The molecule has 0 saturated carbocycles. The number of carbonyl (C=O) groups is 1. The maximum atomic E-state index is 14.1. The fraction of sp³-hybridized carbons (Fsp3) is 0.167. The quantitative estimate of drug-likeness (QED) is 0.748. The monoisotopic (exact) mass is 394 g/mol. The Labute approximate surface area is 156 Å². The lowest BCUT2D eigenvalue weighted by molar-refractivity contribution is 0.104. The second-order valence-electron chi connectivity index (χ2n) is 6.05. The van der Waals surface area contributed by atoms with E-state index in [4.69, 9.17) is 11.6 Å². The van der Waals surface area contributed by atoms with E-state index in [1.54, 1.807) is 20.2 Å². The van der Waals surface area contributed by atoms with Crippen LogP contribution in [0.1, 0.15) is 15.9 Å². The third kappa shape index (κ3) is 3.20. The molecule has 1 aliphatic rings. The fourth-order valence-corrected chi connectivity index (χ4v) is 4.52. The summed E-state index contributed by atoms with van der Waals surface area (Å²) in [4.78, 5) is 13.8. The van der Waals surface area contributed by atoms with E-state index >= 15 is 0 Å². The summed E-state index contributed by atoms with van der Waals surface area (Å²) in [6.45, 7) is -0.250. The van der Waals surface area contributed by atoms with Crippen LogP contribution < -0.4 is 4.31 Å². The number of nitrogens with zero attached hydrogens (tertiary/aromatic N) is 2. The summed E-state index contributed by atoms with van der Waals surface area (Å²) in [7, 11) is -0.937. The fourth-order valence-electron chi connectivity index (χ4n) is 2.71. The number of benzene rings is 2. The number of anilines is 1. The lowest BCUT2D eigenvalue weighted by Gasteiger charge is -2.32. The lowest BCUT2D eigenvalue weighted by atomic mass is 10.1. The van der Waals surface area contributed by atoms with E-state index in [2.05, 4.69) is 0 Å². The average Bonchev–Trinajstić information content (AvgIpc) is 2.57. The molecule has 0 saturated heterocycles. The summed E-state index contributed by atoms with van der Waals surface area (Å²) in [5, 5.41) is 0.283. The van der Waals surface area contributed by atoms with Crippen LogP contribution in [-0.4, -0.2) is 33.2 Å². The Hall–Kier alpha value is -2.38. The second kappa shape index (κ2) is 6.74. The summed E-state index contributed by atoms with van der Waals surface area (Å²) < 4.78 is 41.3. The number of carbonyl (C=O) groups excluding carboxylic acids is 1. The van der Waals surface area contributed by atoms with Gasteiger partial charge in [0.15, 0.2) is 4.91 Å². The van der Waals surface area contributed by atoms with Gasteiger partial charge >= 0.3 is 0 Å². The van der Waals surface area contributed by atoms with E-state index < -0.39 is 21.6 Å². The number of halogens is 2. The first-order chi connectivity index (χ1) is 12.2. The molecule has 8 heteroatoms. The zero-order valence-corrected chi connectivity index (χ0v) is 15.7. The highest BCUT2D eigenvalue weighted by molar-refractivity contribution is 7.97. The normalized spacial score (nSPS) is 17.3. The predicted octanol–water partition coefficient (Wildman–Crippen LogP) is 3.41. The summed E-state index contributed by atoms with van der Waals surface area (Å²) in [5.41, 5.74) is 0.538. The number of ketones is 1. The van der Waals surface area contributed by atoms with Crippen LogP contribution in [0.2, 0.25) is 5.02 Å². The highest BCUT2D eigenvalue weighted by atomic mass is 35.5. The van der Waals surface area contributed by atoms with Gasteiger partial charge in [0, 0.05) is 36.4 Å². The van der Waals surface area contributed by atoms with Crippen molar-refractivity contribution in [3.05, 3.63) is 75.5 Å². The van der Waals surface area contributed by atoms with Crippen LogP contribution in [0.4, 0.5) is 10.1 Å². The number of allylic oxidation sites excluding steroid dienone is 1. The highest BCUT2D eigenvalue weighted by Crippen LogP contribution is 2.38. The minimum atomic E-state index is -4.18. The minimum absolute atomic E-state index is 0.140. The molecular formula is C18H16ClFN2O3S. The van der Waals surface area contributed by atoms with Crippen LogP contribution >= 0.6 is 11.6 Å². The molecule has 0 atom stereocenters. The Morgan fingerprint density at radius 2 is 1.88 bits per heavy atom. The highest BCUT2D eigenvalue weighted by Gasteiger charge is 2.40. The van der Waals surface area contributed by atoms with E-state index in [0.717, 1.165) is 4.31 Å². The maximum absolute atomic E-state index is 14.1. The van der Waals surface area contributed by atoms with Crippen LogP contribution in [-0.2, 0) is 16.6 Å². The number of Topliss-reactive ketones (excluding diaryl/α,β-unsaturated/α-hetero) is 1. The SMILES string of the molecule is CN(C)/C=C1/C(=O)c2ccc(Cl)cc2N(Cc2ccccc2F)S1(=O)=O. The van der Waals surface area contributed by atoms with Gasteiger partial charge in [0.2, 0.25) is 5.78 Å². The Bertz CT molecular complexity index is 1020. The number of hydrogen-bond donors (Lipinski definition) is 0. The van der Waals surface area contributed by atoms with Gasteiger partial charge in [-0.1, -0.05) is 29.8 Å². The number of hydrogen-bond acceptors (Lipinski definition) is 4.